The van der Waals surface area contributed by atoms with Crippen molar-refractivity contribution in [3.05, 3.63) is 34.3 Å². The second-order valence-corrected chi connectivity index (χ2v) is 5.58. The van der Waals surface area contributed by atoms with Gasteiger partial charge in [-0.05, 0) is 48.9 Å². The summed E-state index contributed by atoms with van der Waals surface area (Å²) in [5.74, 6) is 1.53. The maximum absolute atomic E-state index is 6.15. The molecule has 2 heteroatoms. The average molecular weight is 238 g/mol. The monoisotopic (exact) mass is 237 g/mol. The van der Waals surface area contributed by atoms with Gasteiger partial charge in [0.1, 0.15) is 0 Å². The van der Waals surface area contributed by atoms with Gasteiger partial charge in [0, 0.05) is 11.1 Å². The van der Waals surface area contributed by atoms with Crippen LogP contribution in [0.25, 0.3) is 0 Å². The van der Waals surface area contributed by atoms with Crippen LogP contribution < -0.4 is 5.32 Å². The van der Waals surface area contributed by atoms with Crippen LogP contribution in [0.4, 0.5) is 0 Å². The van der Waals surface area contributed by atoms with E-state index >= 15 is 0 Å². The molecule has 0 aliphatic heterocycles. The Morgan fingerprint density at radius 1 is 1.44 bits per heavy atom. The van der Waals surface area contributed by atoms with Gasteiger partial charge in [0.25, 0.3) is 0 Å². The number of hydrogen-bond acceptors (Lipinski definition) is 1. The molecule has 1 saturated carbocycles. The van der Waals surface area contributed by atoms with E-state index in [0.29, 0.717) is 6.04 Å². The van der Waals surface area contributed by atoms with Crippen molar-refractivity contribution < 1.29 is 0 Å². The molecule has 2 atom stereocenters. The summed E-state index contributed by atoms with van der Waals surface area (Å²) in [6, 6.07) is 7.07. The third-order valence-electron chi connectivity index (χ3n) is 3.33. The Labute approximate surface area is 103 Å². The van der Waals surface area contributed by atoms with Gasteiger partial charge >= 0.3 is 0 Å². The predicted molar refractivity (Wildman–Crippen MR) is 70.2 cm³/mol. The summed E-state index contributed by atoms with van der Waals surface area (Å²) in [5, 5.41) is 4.40. The number of hydrogen-bond donors (Lipinski definition) is 1. The van der Waals surface area contributed by atoms with Gasteiger partial charge in [0.05, 0.1) is 0 Å². The molecule has 2 rings (SSSR count). The highest BCUT2D eigenvalue weighted by Gasteiger charge is 2.37. The number of nitrogens with one attached hydrogen (secondary N) is 1. The van der Waals surface area contributed by atoms with Crippen LogP contribution in [0.1, 0.15) is 37.3 Å². The number of rotatable bonds is 4. The van der Waals surface area contributed by atoms with Crippen LogP contribution in [0, 0.1) is 12.8 Å². The van der Waals surface area contributed by atoms with Gasteiger partial charge in [0.15, 0.2) is 0 Å². The highest BCUT2D eigenvalue weighted by molar-refractivity contribution is 6.31. The van der Waals surface area contributed by atoms with Gasteiger partial charge in [0.2, 0.25) is 0 Å². The molecule has 0 spiro atoms. The smallest absolute Gasteiger partial charge is 0.0438 e. The van der Waals surface area contributed by atoms with E-state index in [0.717, 1.165) is 23.4 Å². The molecule has 1 aliphatic carbocycles. The maximum atomic E-state index is 6.15. The van der Waals surface area contributed by atoms with Crippen molar-refractivity contribution in [3.63, 3.8) is 0 Å². The highest BCUT2D eigenvalue weighted by Crippen LogP contribution is 2.47. The number of benzene rings is 1. The summed E-state index contributed by atoms with van der Waals surface area (Å²) in [4.78, 5) is 0. The molecular weight excluding hydrogens is 218 g/mol. The average Bonchev–Trinajstić information content (AvgIpc) is 2.98. The van der Waals surface area contributed by atoms with Crippen LogP contribution in [0.5, 0.6) is 0 Å². The highest BCUT2D eigenvalue weighted by atomic mass is 35.5. The van der Waals surface area contributed by atoms with Crippen molar-refractivity contribution >= 4 is 11.6 Å². The Bertz CT molecular complexity index is 373. The van der Waals surface area contributed by atoms with E-state index in [9.17, 15) is 0 Å². The molecule has 0 radical (unpaired) electrons. The Balaban J connectivity index is 1.93. The summed E-state index contributed by atoms with van der Waals surface area (Å²) < 4.78 is 0. The summed E-state index contributed by atoms with van der Waals surface area (Å²) in [5.41, 5.74) is 2.58. The Morgan fingerprint density at radius 2 is 2.19 bits per heavy atom. The minimum absolute atomic E-state index is 0.586. The zero-order chi connectivity index (χ0) is 11.7. The summed E-state index contributed by atoms with van der Waals surface area (Å²) in [6.45, 7) is 7.57. The third kappa shape index (κ3) is 2.78. The minimum Gasteiger partial charge on any atom is -0.314 e. The molecule has 1 aromatic carbocycles. The summed E-state index contributed by atoms with van der Waals surface area (Å²) in [7, 11) is 0. The van der Waals surface area contributed by atoms with E-state index < -0.39 is 0 Å². The molecule has 88 valence electrons. The first kappa shape index (κ1) is 11.9. The van der Waals surface area contributed by atoms with E-state index in [1.807, 2.05) is 0 Å². The van der Waals surface area contributed by atoms with Crippen molar-refractivity contribution in [1.82, 2.24) is 5.32 Å². The summed E-state index contributed by atoms with van der Waals surface area (Å²) >= 11 is 6.15. The second kappa shape index (κ2) is 4.77. The Hall–Kier alpha value is -0.530. The van der Waals surface area contributed by atoms with Crippen LogP contribution in [0.2, 0.25) is 5.02 Å². The van der Waals surface area contributed by atoms with Crippen LogP contribution in [-0.2, 0) is 0 Å². The lowest BCUT2D eigenvalue weighted by atomic mass is 10.1. The Morgan fingerprint density at radius 3 is 2.81 bits per heavy atom. The molecule has 1 fully saturated rings. The molecular formula is C14H20ClN. The molecule has 2 unspecified atom stereocenters. The third-order valence-corrected chi connectivity index (χ3v) is 3.74. The molecule has 0 amide bonds. The maximum Gasteiger partial charge on any atom is 0.0438 e. The quantitative estimate of drug-likeness (QED) is 0.841. The van der Waals surface area contributed by atoms with Crippen molar-refractivity contribution in [2.24, 2.45) is 5.92 Å². The summed E-state index contributed by atoms with van der Waals surface area (Å²) in [6.07, 6.45) is 1.30. The molecule has 16 heavy (non-hydrogen) atoms. The Kier molecular flexibility index (Phi) is 3.56. The van der Waals surface area contributed by atoms with Gasteiger partial charge in [-0.2, -0.15) is 0 Å². The van der Waals surface area contributed by atoms with E-state index in [1.165, 1.54) is 17.5 Å². The van der Waals surface area contributed by atoms with Gasteiger partial charge < -0.3 is 5.32 Å². The van der Waals surface area contributed by atoms with Crippen LogP contribution in [0.15, 0.2) is 18.2 Å². The van der Waals surface area contributed by atoms with E-state index in [-0.39, 0.29) is 0 Å². The molecule has 0 aromatic heterocycles. The van der Waals surface area contributed by atoms with Crippen molar-refractivity contribution in [3.8, 4) is 0 Å². The fourth-order valence-electron chi connectivity index (χ4n) is 2.11. The normalized spacial score (nSPS) is 23.8. The minimum atomic E-state index is 0.586. The molecule has 0 heterocycles. The van der Waals surface area contributed by atoms with E-state index in [1.54, 1.807) is 0 Å². The molecule has 0 bridgehead atoms. The predicted octanol–water partition coefficient (Wildman–Crippen LogP) is 3.75. The van der Waals surface area contributed by atoms with Gasteiger partial charge in [-0.1, -0.05) is 37.6 Å². The first-order chi connectivity index (χ1) is 7.58. The SMILES string of the molecule is Cc1ccc(C2CC2CNC(C)C)cc1Cl. The molecule has 1 N–H and O–H groups in total. The van der Waals surface area contributed by atoms with Gasteiger partial charge in [-0.3, -0.25) is 0 Å². The van der Waals surface area contributed by atoms with Gasteiger partial charge in [-0.15, -0.1) is 0 Å². The standard InChI is InChI=1S/C14H20ClN/c1-9(2)16-8-12-6-13(12)11-5-4-10(3)14(15)7-11/h4-5,7,9,12-13,16H,6,8H2,1-3H3. The fraction of sp³-hybridized carbons (Fsp3) is 0.571. The topological polar surface area (TPSA) is 12.0 Å². The lowest BCUT2D eigenvalue weighted by Crippen LogP contribution is -2.25. The van der Waals surface area contributed by atoms with Crippen LogP contribution in [0.3, 0.4) is 0 Å². The van der Waals surface area contributed by atoms with Crippen molar-refractivity contribution in [2.45, 2.75) is 39.2 Å². The van der Waals surface area contributed by atoms with E-state index in [4.69, 9.17) is 11.6 Å². The zero-order valence-electron chi connectivity index (χ0n) is 10.3. The largest absolute Gasteiger partial charge is 0.314 e. The zero-order valence-corrected chi connectivity index (χ0v) is 11.0. The van der Waals surface area contributed by atoms with Crippen LogP contribution >= 0.6 is 11.6 Å². The van der Waals surface area contributed by atoms with Gasteiger partial charge in [-0.25, -0.2) is 0 Å². The lowest BCUT2D eigenvalue weighted by Gasteiger charge is -2.07. The number of aryl methyl sites for hydroxylation is 1. The fourth-order valence-corrected chi connectivity index (χ4v) is 2.30. The first-order valence-corrected chi connectivity index (χ1v) is 6.45. The first-order valence-electron chi connectivity index (χ1n) is 6.07. The lowest BCUT2D eigenvalue weighted by molar-refractivity contribution is 0.554. The van der Waals surface area contributed by atoms with Crippen molar-refractivity contribution in [2.75, 3.05) is 6.54 Å². The molecule has 1 nitrogen and oxygen atoms in total. The second-order valence-electron chi connectivity index (χ2n) is 5.17. The molecule has 1 aliphatic rings. The molecule has 0 saturated heterocycles. The van der Waals surface area contributed by atoms with Crippen molar-refractivity contribution in [1.29, 1.82) is 0 Å². The number of halogens is 1. The van der Waals surface area contributed by atoms with E-state index in [2.05, 4.69) is 44.3 Å². The van der Waals surface area contributed by atoms with Crippen LogP contribution in [-0.4, -0.2) is 12.6 Å². The molecule has 1 aromatic rings.